The molecule has 0 amide bonds. The predicted molar refractivity (Wildman–Crippen MR) is 124 cm³/mol. The Bertz CT molecular complexity index is 1350. The van der Waals surface area contributed by atoms with Crippen molar-refractivity contribution in [2.75, 3.05) is 7.11 Å². The molecule has 6 nitrogen and oxygen atoms in total. The van der Waals surface area contributed by atoms with Crippen LogP contribution in [0.5, 0.6) is 11.5 Å². The van der Waals surface area contributed by atoms with E-state index in [0.29, 0.717) is 0 Å². The summed E-state index contributed by atoms with van der Waals surface area (Å²) in [5.41, 5.74) is -4.69. The maximum Gasteiger partial charge on any atom is 0.422 e. The molecule has 2 atom stereocenters. The van der Waals surface area contributed by atoms with E-state index in [1.165, 1.54) is 38.2 Å². The first kappa shape index (κ1) is 27.2. The minimum atomic E-state index is -5.12. The van der Waals surface area contributed by atoms with Crippen LogP contribution in [-0.2, 0) is 17.4 Å². The Kier molecular flexibility index (Phi) is 7.52. The molecule has 1 heterocycles. The Hall–Kier alpha value is -3.37. The van der Waals surface area contributed by atoms with E-state index in [1.54, 1.807) is 0 Å². The van der Waals surface area contributed by atoms with Gasteiger partial charge in [-0.1, -0.05) is 24.6 Å². The third-order valence-electron chi connectivity index (χ3n) is 5.88. The number of nitrogens with zero attached hydrogens (tertiary/aromatic N) is 1. The standard InChI is InChI=1S/C25H22ClF4NO5/c1-13-9-15(12-31(3)22(13)32)24(34,25(28,29)30)14(2)18-7-5-16(10-20(18)26)36-17-6-8-19(21(27)11-17)23(33)35-4/h5-12,14,34H,1-4H3. The summed E-state index contributed by atoms with van der Waals surface area (Å²) in [7, 11) is 2.40. The van der Waals surface area contributed by atoms with Crippen molar-refractivity contribution in [3.8, 4) is 11.5 Å². The normalized spacial score (nSPS) is 14.2. The Morgan fingerprint density at radius 1 is 1.11 bits per heavy atom. The number of aliphatic hydroxyl groups is 1. The van der Waals surface area contributed by atoms with E-state index in [0.717, 1.165) is 43.0 Å². The molecule has 0 spiro atoms. The van der Waals surface area contributed by atoms with Crippen molar-refractivity contribution in [3.05, 3.63) is 92.1 Å². The summed E-state index contributed by atoms with van der Waals surface area (Å²) in [4.78, 5) is 23.5. The fourth-order valence-corrected chi connectivity index (χ4v) is 4.20. The van der Waals surface area contributed by atoms with Crippen LogP contribution in [0.2, 0.25) is 5.02 Å². The molecule has 0 radical (unpaired) electrons. The molecule has 3 aromatic rings. The summed E-state index contributed by atoms with van der Waals surface area (Å²) in [5.74, 6) is -3.27. The van der Waals surface area contributed by atoms with Crippen LogP contribution < -0.4 is 10.3 Å². The van der Waals surface area contributed by atoms with E-state index in [9.17, 15) is 32.3 Å². The zero-order chi connectivity index (χ0) is 27.0. The van der Waals surface area contributed by atoms with Gasteiger partial charge in [0.05, 0.1) is 12.7 Å². The van der Waals surface area contributed by atoms with Crippen LogP contribution in [0.3, 0.4) is 0 Å². The molecule has 0 aliphatic carbocycles. The van der Waals surface area contributed by atoms with Crippen molar-refractivity contribution in [1.82, 2.24) is 4.57 Å². The van der Waals surface area contributed by atoms with E-state index in [1.807, 2.05) is 0 Å². The van der Waals surface area contributed by atoms with Gasteiger partial charge in [-0.05, 0) is 42.8 Å². The number of alkyl halides is 3. The highest BCUT2D eigenvalue weighted by atomic mass is 35.5. The van der Waals surface area contributed by atoms with Gasteiger partial charge in [-0.3, -0.25) is 4.79 Å². The second-order valence-electron chi connectivity index (χ2n) is 8.23. The van der Waals surface area contributed by atoms with Crippen LogP contribution in [0, 0.1) is 12.7 Å². The van der Waals surface area contributed by atoms with Gasteiger partial charge in [0, 0.05) is 41.4 Å². The van der Waals surface area contributed by atoms with Gasteiger partial charge in [0.1, 0.15) is 17.3 Å². The van der Waals surface area contributed by atoms with Crippen LogP contribution in [-0.4, -0.2) is 28.9 Å². The molecule has 0 fully saturated rings. The van der Waals surface area contributed by atoms with Crippen molar-refractivity contribution < 1.29 is 36.9 Å². The second-order valence-corrected chi connectivity index (χ2v) is 8.64. The lowest BCUT2D eigenvalue weighted by atomic mass is 9.78. The minimum absolute atomic E-state index is 0.00416. The Labute approximate surface area is 208 Å². The summed E-state index contributed by atoms with van der Waals surface area (Å²) in [6.45, 7) is 2.52. The topological polar surface area (TPSA) is 77.8 Å². The van der Waals surface area contributed by atoms with Gasteiger partial charge in [-0.25, -0.2) is 9.18 Å². The largest absolute Gasteiger partial charge is 0.465 e. The molecule has 0 aliphatic heterocycles. The summed E-state index contributed by atoms with van der Waals surface area (Å²) >= 11 is 6.29. The Morgan fingerprint density at radius 2 is 1.72 bits per heavy atom. The van der Waals surface area contributed by atoms with Crippen molar-refractivity contribution >= 4 is 17.6 Å². The average Bonchev–Trinajstić information content (AvgIpc) is 2.80. The lowest BCUT2D eigenvalue weighted by Gasteiger charge is -2.37. The first-order chi connectivity index (χ1) is 16.7. The van der Waals surface area contributed by atoms with Gasteiger partial charge in [-0.2, -0.15) is 13.2 Å². The number of carbonyl (C=O) groups excluding carboxylic acids is 1. The van der Waals surface area contributed by atoms with Crippen LogP contribution in [0.15, 0.2) is 53.5 Å². The second kappa shape index (κ2) is 9.94. The molecule has 3 rings (SSSR count). The molecule has 0 aliphatic rings. The van der Waals surface area contributed by atoms with Crippen molar-refractivity contribution in [2.45, 2.75) is 31.5 Å². The van der Waals surface area contributed by atoms with Crippen LogP contribution in [0.25, 0.3) is 0 Å². The predicted octanol–water partition coefficient (Wildman–Crippen LogP) is 5.62. The van der Waals surface area contributed by atoms with Crippen molar-refractivity contribution in [1.29, 1.82) is 0 Å². The van der Waals surface area contributed by atoms with Gasteiger partial charge >= 0.3 is 12.1 Å². The number of halogens is 5. The van der Waals surface area contributed by atoms with E-state index in [2.05, 4.69) is 4.74 Å². The number of pyridine rings is 1. The van der Waals surface area contributed by atoms with Gasteiger partial charge in [0.25, 0.3) is 5.56 Å². The molecular weight excluding hydrogens is 506 g/mol. The number of aryl methyl sites for hydroxylation is 2. The minimum Gasteiger partial charge on any atom is -0.465 e. The van der Waals surface area contributed by atoms with Gasteiger partial charge in [0.2, 0.25) is 0 Å². The zero-order valence-electron chi connectivity index (χ0n) is 19.6. The number of aromatic nitrogens is 1. The SMILES string of the molecule is COC(=O)c1ccc(Oc2ccc(C(C)C(O)(c3cc(C)c(=O)n(C)c3)C(F)(F)F)c(Cl)c2)cc1F. The molecule has 2 aromatic carbocycles. The lowest BCUT2D eigenvalue weighted by molar-refractivity contribution is -0.274. The number of methoxy groups -OCH3 is 1. The fraction of sp³-hybridized carbons (Fsp3) is 0.280. The molecule has 192 valence electrons. The van der Waals surface area contributed by atoms with Crippen LogP contribution >= 0.6 is 11.6 Å². The quantitative estimate of drug-likeness (QED) is 0.333. The first-order valence-corrected chi connectivity index (χ1v) is 10.9. The first-order valence-electron chi connectivity index (χ1n) is 10.5. The van der Waals surface area contributed by atoms with Crippen LogP contribution in [0.1, 0.15) is 39.9 Å². The third kappa shape index (κ3) is 4.96. The summed E-state index contributed by atoms with van der Waals surface area (Å²) in [6.07, 6.45) is -4.18. The maximum atomic E-state index is 14.3. The monoisotopic (exact) mass is 527 g/mol. The van der Waals surface area contributed by atoms with E-state index in [-0.39, 0.29) is 33.2 Å². The molecule has 36 heavy (non-hydrogen) atoms. The molecule has 11 heteroatoms. The van der Waals surface area contributed by atoms with E-state index < -0.39 is 40.6 Å². The number of carbonyl (C=O) groups is 1. The summed E-state index contributed by atoms with van der Waals surface area (Å²) in [5, 5.41) is 10.9. The van der Waals surface area contributed by atoms with Gasteiger partial charge in [0.15, 0.2) is 5.60 Å². The molecule has 0 saturated carbocycles. The Balaban J connectivity index is 1.98. The van der Waals surface area contributed by atoms with Crippen molar-refractivity contribution in [2.24, 2.45) is 7.05 Å². The lowest BCUT2D eigenvalue weighted by Crippen LogP contribution is -2.47. The number of benzene rings is 2. The summed E-state index contributed by atoms with van der Waals surface area (Å²) < 4.78 is 67.9. The maximum absolute atomic E-state index is 14.3. The van der Waals surface area contributed by atoms with Crippen molar-refractivity contribution in [3.63, 3.8) is 0 Å². The van der Waals surface area contributed by atoms with Gasteiger partial charge in [-0.15, -0.1) is 0 Å². The molecule has 0 bridgehead atoms. The molecule has 1 N–H and O–H groups in total. The number of hydrogen-bond donors (Lipinski definition) is 1. The number of ether oxygens (including phenoxy) is 2. The highest BCUT2D eigenvalue weighted by molar-refractivity contribution is 6.31. The van der Waals surface area contributed by atoms with E-state index >= 15 is 0 Å². The average molecular weight is 528 g/mol. The zero-order valence-corrected chi connectivity index (χ0v) is 20.4. The van der Waals surface area contributed by atoms with E-state index in [4.69, 9.17) is 16.3 Å². The highest BCUT2D eigenvalue weighted by Gasteiger charge is 2.59. The van der Waals surface area contributed by atoms with Gasteiger partial charge < -0.3 is 19.1 Å². The fourth-order valence-electron chi connectivity index (χ4n) is 3.86. The number of rotatable bonds is 6. The molecule has 2 unspecified atom stereocenters. The third-order valence-corrected chi connectivity index (χ3v) is 6.21. The molecule has 1 aromatic heterocycles. The number of esters is 1. The van der Waals surface area contributed by atoms with Crippen LogP contribution in [0.4, 0.5) is 17.6 Å². The number of hydrogen-bond acceptors (Lipinski definition) is 5. The summed E-state index contributed by atoms with van der Waals surface area (Å²) in [6, 6.07) is 8.21. The molecule has 0 saturated heterocycles. The highest BCUT2D eigenvalue weighted by Crippen LogP contribution is 2.50. The smallest absolute Gasteiger partial charge is 0.422 e. The molecular formula is C25H22ClF4NO5. The Morgan fingerprint density at radius 3 is 2.25 bits per heavy atom.